The van der Waals surface area contributed by atoms with Crippen molar-refractivity contribution < 1.29 is 4.79 Å². The maximum Gasteiger partial charge on any atom is 0.224 e. The molecule has 3 N–H and O–H groups in total. The molecule has 0 heterocycles. The smallest absolute Gasteiger partial charge is 0.224 e. The minimum atomic E-state index is 0.0637. The van der Waals surface area contributed by atoms with Crippen molar-refractivity contribution in [3.05, 3.63) is 0 Å². The van der Waals surface area contributed by atoms with Crippen molar-refractivity contribution >= 4 is 5.91 Å². The van der Waals surface area contributed by atoms with Crippen molar-refractivity contribution in [3.8, 4) is 0 Å². The number of carbonyl (C=O) groups is 1. The Balaban J connectivity index is 2.47. The lowest BCUT2D eigenvalue weighted by atomic mass is 9.84. The molecule has 11 heavy (non-hydrogen) atoms. The first-order valence-corrected chi connectivity index (χ1v) is 4.23. The second kappa shape index (κ2) is 3.72. The van der Waals surface area contributed by atoms with Crippen LogP contribution in [0, 0.1) is 5.92 Å². The third-order valence-corrected chi connectivity index (χ3v) is 2.40. The molecule has 64 valence electrons. The second-order valence-corrected chi connectivity index (χ2v) is 3.17. The van der Waals surface area contributed by atoms with Crippen LogP contribution in [0.5, 0.6) is 0 Å². The number of hydrogen-bond donors (Lipinski definition) is 2. The van der Waals surface area contributed by atoms with Gasteiger partial charge in [0.1, 0.15) is 0 Å². The summed E-state index contributed by atoms with van der Waals surface area (Å²) in [6, 6.07) is 0.0868. The molecule has 0 spiro atoms. The predicted molar refractivity (Wildman–Crippen MR) is 44.0 cm³/mol. The fraction of sp³-hybridized carbons (Fsp3) is 0.875. The van der Waals surface area contributed by atoms with E-state index in [2.05, 4.69) is 5.32 Å². The second-order valence-electron chi connectivity index (χ2n) is 3.17. The third-order valence-electron chi connectivity index (χ3n) is 2.40. The molecule has 0 aliphatic heterocycles. The van der Waals surface area contributed by atoms with Crippen LogP contribution in [0.15, 0.2) is 0 Å². The number of carbonyl (C=O) groups excluding carboxylic acids is 1. The van der Waals surface area contributed by atoms with E-state index < -0.39 is 0 Å². The lowest BCUT2D eigenvalue weighted by Crippen LogP contribution is -2.42. The number of hydrogen-bond acceptors (Lipinski definition) is 2. The molecular weight excluding hydrogens is 140 g/mol. The first-order valence-electron chi connectivity index (χ1n) is 4.23. The predicted octanol–water partition coefficient (Wildman–Crippen LogP) is 0.250. The van der Waals surface area contributed by atoms with Crippen LogP contribution in [-0.2, 0) is 4.79 Å². The first kappa shape index (κ1) is 8.53. The standard InChI is InChI=1S/C8H16N2O/c1-10-8(11)6-4-2-3-5-7(6)9/h6-7H,2-5,9H2,1H3,(H,10,11)/t6-,7+/m1/s1. The summed E-state index contributed by atoms with van der Waals surface area (Å²) in [5.41, 5.74) is 5.79. The Labute approximate surface area is 67.3 Å². The summed E-state index contributed by atoms with van der Waals surface area (Å²) in [5.74, 6) is 0.172. The van der Waals surface area contributed by atoms with Gasteiger partial charge >= 0.3 is 0 Å². The highest BCUT2D eigenvalue weighted by Crippen LogP contribution is 2.22. The highest BCUT2D eigenvalue weighted by atomic mass is 16.1. The molecule has 1 aliphatic rings. The van der Waals surface area contributed by atoms with Crippen molar-refractivity contribution in [3.63, 3.8) is 0 Å². The van der Waals surface area contributed by atoms with Crippen LogP contribution >= 0.6 is 0 Å². The van der Waals surface area contributed by atoms with Gasteiger partial charge in [0.15, 0.2) is 0 Å². The van der Waals surface area contributed by atoms with Gasteiger partial charge in [-0.05, 0) is 12.8 Å². The number of rotatable bonds is 1. The summed E-state index contributed by atoms with van der Waals surface area (Å²) in [6.07, 6.45) is 4.28. The Morgan fingerprint density at radius 3 is 2.64 bits per heavy atom. The maximum atomic E-state index is 11.2. The molecule has 2 atom stereocenters. The van der Waals surface area contributed by atoms with Gasteiger partial charge < -0.3 is 11.1 Å². The van der Waals surface area contributed by atoms with Crippen molar-refractivity contribution in [1.29, 1.82) is 0 Å². The Hall–Kier alpha value is -0.570. The number of amides is 1. The number of nitrogens with one attached hydrogen (secondary N) is 1. The van der Waals surface area contributed by atoms with Crippen molar-refractivity contribution in [2.75, 3.05) is 7.05 Å². The molecule has 3 nitrogen and oxygen atoms in total. The van der Waals surface area contributed by atoms with Gasteiger partial charge in [-0.2, -0.15) is 0 Å². The Bertz CT molecular complexity index is 147. The molecule has 0 aromatic rings. The van der Waals surface area contributed by atoms with Crippen molar-refractivity contribution in [2.24, 2.45) is 11.7 Å². The highest BCUT2D eigenvalue weighted by Gasteiger charge is 2.26. The molecule has 1 rings (SSSR count). The number of nitrogens with two attached hydrogens (primary N) is 1. The van der Waals surface area contributed by atoms with E-state index in [1.165, 1.54) is 6.42 Å². The van der Waals surface area contributed by atoms with E-state index in [1.54, 1.807) is 7.05 Å². The van der Waals surface area contributed by atoms with Crippen LogP contribution in [0.3, 0.4) is 0 Å². The molecule has 0 saturated heterocycles. The zero-order valence-electron chi connectivity index (χ0n) is 6.97. The fourth-order valence-electron chi connectivity index (χ4n) is 1.67. The zero-order chi connectivity index (χ0) is 8.27. The van der Waals surface area contributed by atoms with Gasteiger partial charge in [-0.15, -0.1) is 0 Å². The summed E-state index contributed by atoms with van der Waals surface area (Å²) >= 11 is 0. The van der Waals surface area contributed by atoms with E-state index in [9.17, 15) is 4.79 Å². The largest absolute Gasteiger partial charge is 0.359 e. The fourth-order valence-corrected chi connectivity index (χ4v) is 1.67. The minimum Gasteiger partial charge on any atom is -0.359 e. The van der Waals surface area contributed by atoms with Gasteiger partial charge in [0, 0.05) is 13.1 Å². The molecule has 0 aromatic carbocycles. The molecule has 1 fully saturated rings. The van der Waals surface area contributed by atoms with E-state index in [4.69, 9.17) is 5.73 Å². The monoisotopic (exact) mass is 156 g/mol. The minimum absolute atomic E-state index is 0.0637. The summed E-state index contributed by atoms with van der Waals surface area (Å²) < 4.78 is 0. The molecule has 1 amide bonds. The van der Waals surface area contributed by atoms with E-state index >= 15 is 0 Å². The average Bonchev–Trinajstić information content (AvgIpc) is 2.04. The summed E-state index contributed by atoms with van der Waals surface area (Å²) in [4.78, 5) is 11.2. The molecule has 0 bridgehead atoms. The van der Waals surface area contributed by atoms with Crippen LogP contribution < -0.4 is 11.1 Å². The molecular formula is C8H16N2O. The van der Waals surface area contributed by atoms with Gasteiger partial charge in [-0.3, -0.25) is 4.79 Å². The van der Waals surface area contributed by atoms with Crippen LogP contribution in [-0.4, -0.2) is 19.0 Å². The molecule has 0 aromatic heterocycles. The lowest BCUT2D eigenvalue weighted by Gasteiger charge is -2.26. The van der Waals surface area contributed by atoms with Crippen molar-refractivity contribution in [1.82, 2.24) is 5.32 Å². The Kier molecular flexibility index (Phi) is 2.88. The molecule has 0 unspecified atom stereocenters. The van der Waals surface area contributed by atoms with Gasteiger partial charge in [0.25, 0.3) is 0 Å². The average molecular weight is 156 g/mol. The maximum absolute atomic E-state index is 11.2. The van der Waals surface area contributed by atoms with Gasteiger partial charge in [-0.1, -0.05) is 12.8 Å². The summed E-state index contributed by atoms with van der Waals surface area (Å²) in [7, 11) is 1.67. The quantitative estimate of drug-likeness (QED) is 0.571. The van der Waals surface area contributed by atoms with Gasteiger partial charge in [0.05, 0.1) is 5.92 Å². The SMILES string of the molecule is CNC(=O)[C@@H]1CCCC[C@@H]1N. The van der Waals surface area contributed by atoms with Crippen LogP contribution in [0.1, 0.15) is 25.7 Å². The Morgan fingerprint density at radius 2 is 2.09 bits per heavy atom. The van der Waals surface area contributed by atoms with Gasteiger partial charge in [-0.25, -0.2) is 0 Å². The third kappa shape index (κ3) is 1.93. The lowest BCUT2D eigenvalue weighted by molar-refractivity contribution is -0.125. The Morgan fingerprint density at radius 1 is 1.45 bits per heavy atom. The normalized spacial score (nSPS) is 31.5. The molecule has 3 heteroatoms. The van der Waals surface area contributed by atoms with E-state index in [1.807, 2.05) is 0 Å². The highest BCUT2D eigenvalue weighted by molar-refractivity contribution is 5.79. The molecule has 1 saturated carbocycles. The van der Waals surface area contributed by atoms with Crippen LogP contribution in [0.2, 0.25) is 0 Å². The molecule has 1 aliphatic carbocycles. The van der Waals surface area contributed by atoms with E-state index in [-0.39, 0.29) is 17.9 Å². The molecule has 0 radical (unpaired) electrons. The van der Waals surface area contributed by atoms with Gasteiger partial charge in [0.2, 0.25) is 5.91 Å². The van der Waals surface area contributed by atoms with Crippen molar-refractivity contribution in [2.45, 2.75) is 31.7 Å². The van der Waals surface area contributed by atoms with Crippen LogP contribution in [0.4, 0.5) is 0 Å². The van der Waals surface area contributed by atoms with E-state index in [0.29, 0.717) is 0 Å². The van der Waals surface area contributed by atoms with E-state index in [0.717, 1.165) is 19.3 Å². The summed E-state index contributed by atoms with van der Waals surface area (Å²) in [5, 5.41) is 2.65. The topological polar surface area (TPSA) is 55.1 Å². The first-order chi connectivity index (χ1) is 5.25. The zero-order valence-corrected chi connectivity index (χ0v) is 6.97. The summed E-state index contributed by atoms with van der Waals surface area (Å²) in [6.45, 7) is 0. The van der Waals surface area contributed by atoms with Crippen LogP contribution in [0.25, 0.3) is 0 Å².